The maximum atomic E-state index is 11.9. The standard InChI is InChI=1S/C18H21NO7/c20-17-3-4-18(21)19(17)14-1-2-15-16(13-14)26-12-10-24-8-6-22-5-7-23-9-11-25-15/h1-4,13H,5-12H2. The second-order valence-electron chi connectivity index (χ2n) is 5.51. The maximum Gasteiger partial charge on any atom is 0.258 e. The highest BCUT2D eigenvalue weighted by Crippen LogP contribution is 2.33. The average Bonchev–Trinajstić information content (AvgIpc) is 2.97. The molecular formula is C18H21NO7. The molecule has 140 valence electrons. The highest BCUT2D eigenvalue weighted by Gasteiger charge is 2.26. The quantitative estimate of drug-likeness (QED) is 0.687. The van der Waals surface area contributed by atoms with Crippen LogP contribution in [0.4, 0.5) is 5.69 Å². The Morgan fingerprint density at radius 1 is 0.654 bits per heavy atom. The van der Waals surface area contributed by atoms with Crippen LogP contribution in [-0.2, 0) is 23.8 Å². The highest BCUT2D eigenvalue weighted by atomic mass is 16.6. The molecule has 2 amide bonds. The fourth-order valence-corrected chi connectivity index (χ4v) is 2.49. The number of anilines is 1. The Bertz CT molecular complexity index is 656. The van der Waals surface area contributed by atoms with Crippen LogP contribution in [0.2, 0.25) is 0 Å². The molecule has 0 saturated carbocycles. The predicted octanol–water partition coefficient (Wildman–Crippen LogP) is 0.937. The predicted molar refractivity (Wildman–Crippen MR) is 91.5 cm³/mol. The largest absolute Gasteiger partial charge is 0.487 e. The summed E-state index contributed by atoms with van der Waals surface area (Å²) in [5, 5.41) is 0. The van der Waals surface area contributed by atoms with Gasteiger partial charge in [-0.25, -0.2) is 4.90 Å². The third kappa shape index (κ3) is 4.81. The number of hydrogen-bond donors (Lipinski definition) is 0. The molecule has 0 saturated heterocycles. The Morgan fingerprint density at radius 2 is 1.15 bits per heavy atom. The van der Waals surface area contributed by atoms with Crippen molar-refractivity contribution >= 4 is 17.5 Å². The van der Waals surface area contributed by atoms with E-state index in [0.29, 0.717) is 70.0 Å². The van der Waals surface area contributed by atoms with E-state index in [1.807, 2.05) is 0 Å². The summed E-state index contributed by atoms with van der Waals surface area (Å²) in [6.07, 6.45) is 2.48. The van der Waals surface area contributed by atoms with Crippen molar-refractivity contribution in [3.8, 4) is 11.5 Å². The zero-order valence-corrected chi connectivity index (χ0v) is 14.3. The van der Waals surface area contributed by atoms with Crippen molar-refractivity contribution in [3.05, 3.63) is 30.4 Å². The topological polar surface area (TPSA) is 83.5 Å². The lowest BCUT2D eigenvalue weighted by molar-refractivity contribution is -0.119. The molecule has 26 heavy (non-hydrogen) atoms. The van der Waals surface area contributed by atoms with E-state index in [1.165, 1.54) is 12.2 Å². The second-order valence-corrected chi connectivity index (χ2v) is 5.51. The molecule has 0 aliphatic carbocycles. The lowest BCUT2D eigenvalue weighted by Crippen LogP contribution is -2.29. The monoisotopic (exact) mass is 363 g/mol. The van der Waals surface area contributed by atoms with E-state index in [4.69, 9.17) is 23.7 Å². The number of rotatable bonds is 1. The number of benzene rings is 1. The van der Waals surface area contributed by atoms with E-state index < -0.39 is 0 Å². The summed E-state index contributed by atoms with van der Waals surface area (Å²) in [7, 11) is 0. The van der Waals surface area contributed by atoms with Crippen LogP contribution in [0.5, 0.6) is 11.5 Å². The molecule has 8 heteroatoms. The molecular weight excluding hydrogens is 342 g/mol. The number of fused-ring (bicyclic) bond motifs is 1. The summed E-state index contributed by atoms with van der Waals surface area (Å²) in [6, 6.07) is 4.93. The minimum Gasteiger partial charge on any atom is -0.487 e. The van der Waals surface area contributed by atoms with Crippen molar-refractivity contribution in [1.82, 2.24) is 0 Å². The molecule has 2 heterocycles. The van der Waals surface area contributed by atoms with E-state index >= 15 is 0 Å². The van der Waals surface area contributed by atoms with Crippen molar-refractivity contribution < 1.29 is 33.3 Å². The van der Waals surface area contributed by atoms with Gasteiger partial charge in [0, 0.05) is 18.2 Å². The Labute approximate surface area is 151 Å². The van der Waals surface area contributed by atoms with Gasteiger partial charge in [-0.3, -0.25) is 9.59 Å². The van der Waals surface area contributed by atoms with Crippen molar-refractivity contribution in [1.29, 1.82) is 0 Å². The molecule has 1 aromatic rings. The van der Waals surface area contributed by atoms with E-state index in [-0.39, 0.29) is 11.8 Å². The molecule has 0 aromatic heterocycles. The van der Waals surface area contributed by atoms with Gasteiger partial charge < -0.3 is 23.7 Å². The van der Waals surface area contributed by atoms with Crippen molar-refractivity contribution in [3.63, 3.8) is 0 Å². The molecule has 0 radical (unpaired) electrons. The van der Waals surface area contributed by atoms with Crippen LogP contribution in [0.15, 0.2) is 30.4 Å². The SMILES string of the molecule is O=C1C=CC(=O)N1c1ccc2c(c1)OCCOCCOCCOCCO2. The van der Waals surface area contributed by atoms with Crippen LogP contribution < -0.4 is 14.4 Å². The summed E-state index contributed by atoms with van der Waals surface area (Å²) >= 11 is 0. The Kier molecular flexibility index (Phi) is 6.59. The molecule has 0 atom stereocenters. The molecule has 0 bridgehead atoms. The van der Waals surface area contributed by atoms with Crippen molar-refractivity contribution in [2.75, 3.05) is 57.8 Å². The van der Waals surface area contributed by atoms with Gasteiger partial charge in [-0.05, 0) is 12.1 Å². The summed E-state index contributed by atoms with van der Waals surface area (Å²) < 4.78 is 27.6. The minimum absolute atomic E-state index is 0.302. The number of ether oxygens (including phenoxy) is 5. The molecule has 0 fully saturated rings. The average molecular weight is 363 g/mol. The van der Waals surface area contributed by atoms with Gasteiger partial charge in [0.15, 0.2) is 11.5 Å². The van der Waals surface area contributed by atoms with E-state index in [0.717, 1.165) is 4.90 Å². The second kappa shape index (κ2) is 9.33. The lowest BCUT2D eigenvalue weighted by Gasteiger charge is -2.18. The van der Waals surface area contributed by atoms with Crippen LogP contribution in [0.1, 0.15) is 0 Å². The van der Waals surface area contributed by atoms with Crippen LogP contribution in [0.25, 0.3) is 0 Å². The van der Waals surface area contributed by atoms with Gasteiger partial charge >= 0.3 is 0 Å². The third-order valence-electron chi connectivity index (χ3n) is 3.71. The van der Waals surface area contributed by atoms with Gasteiger partial charge in [0.1, 0.15) is 13.2 Å². The third-order valence-corrected chi connectivity index (χ3v) is 3.71. The number of imide groups is 1. The molecule has 2 aliphatic rings. The van der Waals surface area contributed by atoms with Crippen molar-refractivity contribution in [2.45, 2.75) is 0 Å². The maximum absolute atomic E-state index is 11.9. The minimum atomic E-state index is -0.384. The molecule has 3 rings (SSSR count). The smallest absolute Gasteiger partial charge is 0.258 e. The Morgan fingerprint density at radius 3 is 1.73 bits per heavy atom. The molecule has 8 nitrogen and oxygen atoms in total. The molecule has 0 N–H and O–H groups in total. The van der Waals surface area contributed by atoms with Gasteiger partial charge in [-0.1, -0.05) is 0 Å². The fourth-order valence-electron chi connectivity index (χ4n) is 2.49. The number of amides is 2. The zero-order valence-electron chi connectivity index (χ0n) is 14.3. The fraction of sp³-hybridized carbons (Fsp3) is 0.444. The van der Waals surface area contributed by atoms with Crippen LogP contribution in [0.3, 0.4) is 0 Å². The van der Waals surface area contributed by atoms with Gasteiger partial charge in [-0.15, -0.1) is 0 Å². The molecule has 0 spiro atoms. The summed E-state index contributed by atoms with van der Waals surface area (Å²) in [6.45, 7) is 3.39. The van der Waals surface area contributed by atoms with Crippen LogP contribution in [-0.4, -0.2) is 64.7 Å². The Hall–Kier alpha value is -2.42. The van der Waals surface area contributed by atoms with Gasteiger partial charge in [0.2, 0.25) is 0 Å². The summed E-state index contributed by atoms with van der Waals surface area (Å²) in [5.41, 5.74) is 0.427. The van der Waals surface area contributed by atoms with E-state index in [9.17, 15) is 9.59 Å². The first-order valence-corrected chi connectivity index (χ1v) is 8.45. The van der Waals surface area contributed by atoms with Gasteiger partial charge in [-0.2, -0.15) is 0 Å². The van der Waals surface area contributed by atoms with Gasteiger partial charge in [0.25, 0.3) is 11.8 Å². The zero-order chi connectivity index (χ0) is 18.2. The number of nitrogens with zero attached hydrogens (tertiary/aromatic N) is 1. The number of hydrogen-bond acceptors (Lipinski definition) is 7. The first kappa shape index (κ1) is 18.4. The highest BCUT2D eigenvalue weighted by molar-refractivity contribution is 6.28. The first-order valence-electron chi connectivity index (χ1n) is 8.45. The van der Waals surface area contributed by atoms with Gasteiger partial charge in [0.05, 0.1) is 45.3 Å². The van der Waals surface area contributed by atoms with E-state index in [2.05, 4.69) is 0 Å². The normalized spacial score (nSPS) is 19.9. The summed E-state index contributed by atoms with van der Waals surface area (Å²) in [4.78, 5) is 24.8. The number of carbonyl (C=O) groups is 2. The first-order chi connectivity index (χ1) is 12.8. The van der Waals surface area contributed by atoms with Crippen molar-refractivity contribution in [2.24, 2.45) is 0 Å². The number of carbonyl (C=O) groups excluding carboxylic acids is 2. The lowest BCUT2D eigenvalue weighted by atomic mass is 10.2. The molecule has 1 aromatic carbocycles. The molecule has 0 unspecified atom stereocenters. The van der Waals surface area contributed by atoms with Crippen LogP contribution >= 0.6 is 0 Å². The summed E-state index contributed by atoms with van der Waals surface area (Å²) in [5.74, 6) is 0.176. The molecule has 2 aliphatic heterocycles. The van der Waals surface area contributed by atoms with E-state index in [1.54, 1.807) is 18.2 Å². The van der Waals surface area contributed by atoms with Crippen LogP contribution in [0, 0.1) is 0 Å². The Balaban J connectivity index is 1.73.